The highest BCUT2D eigenvalue weighted by Crippen LogP contribution is 2.30. The van der Waals surface area contributed by atoms with Crippen molar-refractivity contribution in [3.8, 4) is 0 Å². The zero-order chi connectivity index (χ0) is 12.3. The monoisotopic (exact) mass is 235 g/mol. The second kappa shape index (κ2) is 5.92. The van der Waals surface area contributed by atoms with E-state index in [1.165, 1.54) is 0 Å². The molecule has 0 saturated heterocycles. The Bertz CT molecular complexity index is 209. The Morgan fingerprint density at radius 2 is 1.94 bits per heavy atom. The lowest BCUT2D eigenvalue weighted by Gasteiger charge is -2.42. The Morgan fingerprint density at radius 3 is 2.44 bits per heavy atom. The van der Waals surface area contributed by atoms with E-state index in [-0.39, 0.29) is 24.7 Å². The lowest BCUT2D eigenvalue weighted by Crippen LogP contribution is -2.49. The molecule has 0 amide bonds. The van der Waals surface area contributed by atoms with E-state index in [1.54, 1.807) is 0 Å². The van der Waals surface area contributed by atoms with Gasteiger partial charge in [0, 0.05) is 12.1 Å². The molecule has 1 rings (SSSR count). The quantitative estimate of drug-likeness (QED) is 0.809. The van der Waals surface area contributed by atoms with Crippen molar-refractivity contribution in [2.75, 3.05) is 6.54 Å². The molecule has 1 aliphatic carbocycles. The minimum Gasteiger partial charge on any atom is -0.393 e. The highest BCUT2D eigenvalue weighted by atomic mass is 19.3. The number of halogens is 2. The van der Waals surface area contributed by atoms with Crippen molar-refractivity contribution in [3.63, 3.8) is 0 Å². The van der Waals surface area contributed by atoms with Gasteiger partial charge in [0.05, 0.1) is 12.6 Å². The molecule has 1 aliphatic rings. The van der Waals surface area contributed by atoms with E-state index in [0.717, 1.165) is 12.8 Å². The number of rotatable bonds is 4. The van der Waals surface area contributed by atoms with E-state index in [9.17, 15) is 13.9 Å². The molecular formula is C12H23F2NO. The lowest BCUT2D eigenvalue weighted by molar-refractivity contribution is -0.0132. The fourth-order valence-corrected chi connectivity index (χ4v) is 2.63. The predicted molar refractivity (Wildman–Crippen MR) is 60.7 cm³/mol. The summed E-state index contributed by atoms with van der Waals surface area (Å²) in [7, 11) is 0. The van der Waals surface area contributed by atoms with Crippen molar-refractivity contribution < 1.29 is 13.9 Å². The molecule has 1 N–H and O–H groups in total. The fourth-order valence-electron chi connectivity index (χ4n) is 2.63. The molecule has 0 aliphatic heterocycles. The van der Waals surface area contributed by atoms with E-state index in [2.05, 4.69) is 6.92 Å². The van der Waals surface area contributed by atoms with Crippen LogP contribution in [0.2, 0.25) is 0 Å². The Hall–Kier alpha value is -0.220. The molecule has 0 aromatic rings. The maximum absolute atomic E-state index is 12.5. The maximum Gasteiger partial charge on any atom is 0.251 e. The molecule has 16 heavy (non-hydrogen) atoms. The molecule has 2 nitrogen and oxygen atoms in total. The number of hydrogen-bond acceptors (Lipinski definition) is 2. The van der Waals surface area contributed by atoms with Gasteiger partial charge in [0.15, 0.2) is 0 Å². The van der Waals surface area contributed by atoms with Crippen LogP contribution in [0.15, 0.2) is 0 Å². The standard InChI is InChI=1S/C12H23F2NO/c1-8(2)15(7-12(13)14)11-6-10(16)5-4-9(11)3/h8-12,16H,4-7H2,1-3H3. The van der Waals surface area contributed by atoms with Gasteiger partial charge in [0.2, 0.25) is 0 Å². The van der Waals surface area contributed by atoms with Gasteiger partial charge in [-0.15, -0.1) is 0 Å². The molecule has 96 valence electrons. The average molecular weight is 235 g/mol. The van der Waals surface area contributed by atoms with Crippen molar-refractivity contribution in [3.05, 3.63) is 0 Å². The highest BCUT2D eigenvalue weighted by molar-refractivity contribution is 4.86. The Morgan fingerprint density at radius 1 is 1.31 bits per heavy atom. The van der Waals surface area contributed by atoms with Crippen LogP contribution in [0.25, 0.3) is 0 Å². The topological polar surface area (TPSA) is 23.5 Å². The van der Waals surface area contributed by atoms with Gasteiger partial charge in [-0.25, -0.2) is 8.78 Å². The van der Waals surface area contributed by atoms with Crippen LogP contribution in [0, 0.1) is 5.92 Å². The normalized spacial score (nSPS) is 31.7. The largest absolute Gasteiger partial charge is 0.393 e. The van der Waals surface area contributed by atoms with E-state index in [0.29, 0.717) is 12.3 Å². The van der Waals surface area contributed by atoms with Crippen LogP contribution in [-0.2, 0) is 0 Å². The average Bonchev–Trinajstić information content (AvgIpc) is 2.18. The van der Waals surface area contributed by atoms with Crippen LogP contribution >= 0.6 is 0 Å². The number of alkyl halides is 2. The van der Waals surface area contributed by atoms with Gasteiger partial charge in [0.25, 0.3) is 6.43 Å². The van der Waals surface area contributed by atoms with Gasteiger partial charge >= 0.3 is 0 Å². The van der Waals surface area contributed by atoms with Crippen molar-refractivity contribution in [2.45, 2.75) is 64.6 Å². The van der Waals surface area contributed by atoms with Crippen molar-refractivity contribution in [1.29, 1.82) is 0 Å². The first-order chi connectivity index (χ1) is 7.41. The van der Waals surface area contributed by atoms with E-state index in [1.807, 2.05) is 18.7 Å². The molecule has 0 spiro atoms. The first kappa shape index (κ1) is 13.8. The van der Waals surface area contributed by atoms with Crippen LogP contribution in [-0.4, -0.2) is 41.2 Å². The zero-order valence-electron chi connectivity index (χ0n) is 10.4. The second-order valence-electron chi connectivity index (χ2n) is 5.19. The minimum absolute atomic E-state index is 0.0951. The third-order valence-corrected chi connectivity index (χ3v) is 3.56. The second-order valence-corrected chi connectivity index (χ2v) is 5.19. The number of hydrogen-bond donors (Lipinski definition) is 1. The summed E-state index contributed by atoms with van der Waals surface area (Å²) in [6, 6.07) is 0.199. The zero-order valence-corrected chi connectivity index (χ0v) is 10.4. The molecular weight excluding hydrogens is 212 g/mol. The van der Waals surface area contributed by atoms with Crippen LogP contribution < -0.4 is 0 Å². The molecule has 0 heterocycles. The summed E-state index contributed by atoms with van der Waals surface area (Å²) in [4.78, 5) is 1.84. The first-order valence-electron chi connectivity index (χ1n) is 6.13. The summed E-state index contributed by atoms with van der Waals surface area (Å²) in [5.41, 5.74) is 0. The number of aliphatic hydroxyl groups excluding tert-OH is 1. The molecule has 0 aromatic heterocycles. The molecule has 3 atom stereocenters. The third-order valence-electron chi connectivity index (χ3n) is 3.56. The summed E-state index contributed by atoms with van der Waals surface area (Å²) in [6.45, 7) is 5.79. The predicted octanol–water partition coefficient (Wildman–Crippen LogP) is 2.51. The maximum atomic E-state index is 12.5. The fraction of sp³-hybridized carbons (Fsp3) is 1.00. The van der Waals surface area contributed by atoms with Gasteiger partial charge in [0.1, 0.15) is 0 Å². The van der Waals surface area contributed by atoms with Gasteiger partial charge in [-0.1, -0.05) is 6.92 Å². The third kappa shape index (κ3) is 3.67. The van der Waals surface area contributed by atoms with Gasteiger partial charge < -0.3 is 5.11 Å². The molecule has 0 bridgehead atoms. The summed E-state index contributed by atoms with van der Waals surface area (Å²) in [5, 5.41) is 9.65. The number of nitrogens with zero attached hydrogens (tertiary/aromatic N) is 1. The molecule has 0 radical (unpaired) electrons. The smallest absolute Gasteiger partial charge is 0.251 e. The summed E-state index contributed by atoms with van der Waals surface area (Å²) < 4.78 is 25.0. The molecule has 0 aromatic carbocycles. The van der Waals surface area contributed by atoms with Crippen molar-refractivity contribution in [1.82, 2.24) is 4.90 Å². The molecule has 1 saturated carbocycles. The summed E-state index contributed by atoms with van der Waals surface area (Å²) in [5.74, 6) is 0.393. The molecule has 4 heteroatoms. The van der Waals surface area contributed by atoms with Gasteiger partial charge in [-0.3, -0.25) is 4.90 Å². The minimum atomic E-state index is -2.30. The van der Waals surface area contributed by atoms with Gasteiger partial charge in [-0.05, 0) is 39.0 Å². The van der Waals surface area contributed by atoms with Crippen molar-refractivity contribution >= 4 is 0 Å². The SMILES string of the molecule is CC1CCC(O)CC1N(CC(F)F)C(C)C. The Kier molecular flexibility index (Phi) is 5.12. The Labute approximate surface area is 96.6 Å². The van der Waals surface area contributed by atoms with Crippen LogP contribution in [0.4, 0.5) is 8.78 Å². The van der Waals surface area contributed by atoms with E-state index in [4.69, 9.17) is 0 Å². The summed E-state index contributed by atoms with van der Waals surface area (Å²) >= 11 is 0. The van der Waals surface area contributed by atoms with Gasteiger partial charge in [-0.2, -0.15) is 0 Å². The van der Waals surface area contributed by atoms with Crippen LogP contribution in [0.5, 0.6) is 0 Å². The van der Waals surface area contributed by atoms with Crippen LogP contribution in [0.3, 0.4) is 0 Å². The van der Waals surface area contributed by atoms with Crippen molar-refractivity contribution in [2.24, 2.45) is 5.92 Å². The van der Waals surface area contributed by atoms with Crippen LogP contribution in [0.1, 0.15) is 40.0 Å². The number of aliphatic hydroxyl groups is 1. The summed E-state index contributed by atoms with van der Waals surface area (Å²) in [6.07, 6.45) is -0.253. The molecule has 1 fully saturated rings. The Balaban J connectivity index is 2.67. The first-order valence-corrected chi connectivity index (χ1v) is 6.13. The van der Waals surface area contributed by atoms with E-state index < -0.39 is 6.43 Å². The lowest BCUT2D eigenvalue weighted by atomic mass is 9.82. The highest BCUT2D eigenvalue weighted by Gasteiger charge is 2.33. The molecule has 3 unspecified atom stereocenters. The van der Waals surface area contributed by atoms with E-state index >= 15 is 0 Å².